The minimum absolute atomic E-state index is 0.0380. The molecule has 0 aromatic heterocycles. The molecule has 0 bridgehead atoms. The fourth-order valence-corrected chi connectivity index (χ4v) is 6.32. The molecule has 1 atom stereocenters. The highest BCUT2D eigenvalue weighted by molar-refractivity contribution is 8.01. The molecule has 5 rings (SSSR count). The van der Waals surface area contributed by atoms with Gasteiger partial charge in [0.15, 0.2) is 5.25 Å². The van der Waals surface area contributed by atoms with E-state index >= 15 is 0 Å². The Morgan fingerprint density at radius 1 is 0.886 bits per heavy atom. The molecule has 184 valence electrons. The van der Waals surface area contributed by atoms with Gasteiger partial charge < -0.3 is 19.6 Å². The van der Waals surface area contributed by atoms with E-state index in [0.717, 1.165) is 36.5 Å². The quantitative estimate of drug-likeness (QED) is 0.614. The number of hydrogen-bond acceptors (Lipinski definition) is 5. The van der Waals surface area contributed by atoms with Gasteiger partial charge in [-0.25, -0.2) is 0 Å². The maximum absolute atomic E-state index is 13.5. The first-order chi connectivity index (χ1) is 16.9. The van der Waals surface area contributed by atoms with E-state index in [1.54, 1.807) is 4.90 Å². The van der Waals surface area contributed by atoms with Crippen molar-refractivity contribution in [2.45, 2.75) is 36.8 Å². The van der Waals surface area contributed by atoms with Crippen molar-refractivity contribution in [3.05, 3.63) is 53.6 Å². The summed E-state index contributed by atoms with van der Waals surface area (Å²) in [6, 6.07) is 14.0. The van der Waals surface area contributed by atoms with Crippen LogP contribution in [0.1, 0.15) is 24.0 Å². The highest BCUT2D eigenvalue weighted by Crippen LogP contribution is 2.40. The minimum Gasteiger partial charge on any atom is -0.368 e. The van der Waals surface area contributed by atoms with Gasteiger partial charge in [-0.15, -0.1) is 11.8 Å². The topological polar surface area (TPSA) is 64.2 Å². The van der Waals surface area contributed by atoms with Gasteiger partial charge >= 0.3 is 0 Å². The average Bonchev–Trinajstić information content (AvgIpc) is 3.42. The van der Waals surface area contributed by atoms with Crippen LogP contribution in [0.3, 0.4) is 0 Å². The molecule has 0 N–H and O–H groups in total. The summed E-state index contributed by atoms with van der Waals surface area (Å²) < 4.78 is 0. The van der Waals surface area contributed by atoms with Crippen LogP contribution in [0.5, 0.6) is 0 Å². The van der Waals surface area contributed by atoms with E-state index in [9.17, 15) is 14.4 Å². The Kier molecular flexibility index (Phi) is 6.73. The van der Waals surface area contributed by atoms with Crippen molar-refractivity contribution >= 4 is 40.9 Å². The smallest absolute Gasteiger partial charge is 0.250 e. The third kappa shape index (κ3) is 4.76. The van der Waals surface area contributed by atoms with E-state index in [1.165, 1.54) is 33.5 Å². The molecule has 3 heterocycles. The van der Waals surface area contributed by atoms with Crippen molar-refractivity contribution in [1.29, 1.82) is 0 Å². The van der Waals surface area contributed by atoms with Crippen LogP contribution < -0.4 is 9.80 Å². The fourth-order valence-electron chi connectivity index (χ4n) is 5.13. The van der Waals surface area contributed by atoms with E-state index in [1.807, 2.05) is 29.2 Å². The number of rotatable bonds is 4. The molecule has 7 nitrogen and oxygen atoms in total. The molecule has 0 saturated carbocycles. The molecular formula is C27H32N4O3S. The van der Waals surface area contributed by atoms with E-state index in [4.69, 9.17) is 0 Å². The first-order valence-corrected chi connectivity index (χ1v) is 13.3. The first kappa shape index (κ1) is 23.7. The standard InChI is InChI=1S/C27H32N4O3S/c1-19-9-10-20(2)22(17-19)28-13-15-29(16-14-28)24(32)18-31-21-7-3-4-8-23(21)35-25(27(31)34)26(33)30-11-5-6-12-30/h3-4,7-10,17,25H,5-6,11-16,18H2,1-2H3/t25-/m0/s1. The summed E-state index contributed by atoms with van der Waals surface area (Å²) in [4.78, 5) is 48.3. The Balaban J connectivity index is 1.28. The lowest BCUT2D eigenvalue weighted by Gasteiger charge is -2.39. The van der Waals surface area contributed by atoms with E-state index in [-0.39, 0.29) is 24.3 Å². The molecule has 2 aromatic carbocycles. The number of para-hydroxylation sites is 1. The van der Waals surface area contributed by atoms with Crippen LogP contribution >= 0.6 is 11.8 Å². The maximum Gasteiger partial charge on any atom is 0.250 e. The molecular weight excluding hydrogens is 460 g/mol. The molecule has 0 aliphatic carbocycles. The molecule has 2 aromatic rings. The average molecular weight is 493 g/mol. The summed E-state index contributed by atoms with van der Waals surface area (Å²) >= 11 is 1.31. The van der Waals surface area contributed by atoms with Crippen LogP contribution in [0.2, 0.25) is 0 Å². The van der Waals surface area contributed by atoms with Crippen molar-refractivity contribution in [2.24, 2.45) is 0 Å². The largest absolute Gasteiger partial charge is 0.368 e. The number of piperazine rings is 1. The third-order valence-electron chi connectivity index (χ3n) is 7.16. The maximum atomic E-state index is 13.5. The molecule has 3 aliphatic rings. The lowest BCUT2D eigenvalue weighted by molar-refractivity contribution is -0.135. The van der Waals surface area contributed by atoms with Gasteiger partial charge in [0.05, 0.1) is 5.69 Å². The van der Waals surface area contributed by atoms with Gasteiger partial charge in [-0.2, -0.15) is 0 Å². The highest BCUT2D eigenvalue weighted by atomic mass is 32.2. The zero-order valence-corrected chi connectivity index (χ0v) is 21.2. The fraction of sp³-hybridized carbons (Fsp3) is 0.444. The lowest BCUT2D eigenvalue weighted by atomic mass is 10.1. The van der Waals surface area contributed by atoms with Crippen LogP contribution in [0.15, 0.2) is 47.4 Å². The summed E-state index contributed by atoms with van der Waals surface area (Å²) in [6.07, 6.45) is 1.95. The van der Waals surface area contributed by atoms with Crippen molar-refractivity contribution in [2.75, 3.05) is 55.6 Å². The number of carbonyl (C=O) groups excluding carboxylic acids is 3. The number of thioether (sulfide) groups is 1. The number of nitrogens with zero attached hydrogens (tertiary/aromatic N) is 4. The molecule has 3 amide bonds. The lowest BCUT2D eigenvalue weighted by Crippen LogP contribution is -2.55. The van der Waals surface area contributed by atoms with Crippen molar-refractivity contribution in [3.63, 3.8) is 0 Å². The van der Waals surface area contributed by atoms with Crippen LogP contribution in [0.4, 0.5) is 11.4 Å². The molecule has 2 fully saturated rings. The number of fused-ring (bicyclic) bond motifs is 1. The zero-order valence-electron chi connectivity index (χ0n) is 20.4. The molecule has 35 heavy (non-hydrogen) atoms. The van der Waals surface area contributed by atoms with Gasteiger partial charge in [-0.3, -0.25) is 14.4 Å². The van der Waals surface area contributed by atoms with Crippen LogP contribution in [-0.4, -0.2) is 78.6 Å². The van der Waals surface area contributed by atoms with Crippen molar-refractivity contribution in [1.82, 2.24) is 9.80 Å². The minimum atomic E-state index is -0.822. The normalized spacial score (nSPS) is 20.3. The number of hydrogen-bond donors (Lipinski definition) is 0. The second-order valence-electron chi connectivity index (χ2n) is 9.58. The Bertz CT molecular complexity index is 1140. The summed E-state index contributed by atoms with van der Waals surface area (Å²) in [5.74, 6) is -0.493. The number of likely N-dealkylation sites (tertiary alicyclic amines) is 1. The third-order valence-corrected chi connectivity index (χ3v) is 8.40. The van der Waals surface area contributed by atoms with E-state index in [2.05, 4.69) is 36.9 Å². The monoisotopic (exact) mass is 492 g/mol. The van der Waals surface area contributed by atoms with Gasteiger partial charge in [0.1, 0.15) is 6.54 Å². The molecule has 0 radical (unpaired) electrons. The van der Waals surface area contributed by atoms with Gasteiger partial charge in [-0.1, -0.05) is 24.3 Å². The summed E-state index contributed by atoms with van der Waals surface area (Å²) in [5.41, 5.74) is 4.40. The van der Waals surface area contributed by atoms with Gasteiger partial charge in [0, 0.05) is 49.9 Å². The van der Waals surface area contributed by atoms with Crippen LogP contribution in [-0.2, 0) is 14.4 Å². The van der Waals surface area contributed by atoms with Crippen molar-refractivity contribution in [3.8, 4) is 0 Å². The Morgan fingerprint density at radius 2 is 1.60 bits per heavy atom. The van der Waals surface area contributed by atoms with Crippen molar-refractivity contribution < 1.29 is 14.4 Å². The van der Waals surface area contributed by atoms with Gasteiger partial charge in [-0.05, 0) is 56.0 Å². The van der Waals surface area contributed by atoms with Gasteiger partial charge in [0.2, 0.25) is 11.8 Å². The first-order valence-electron chi connectivity index (χ1n) is 12.4. The molecule has 0 unspecified atom stereocenters. The number of anilines is 2. The summed E-state index contributed by atoms with van der Waals surface area (Å²) in [7, 11) is 0. The number of amides is 3. The Hall–Kier alpha value is -3.00. The Morgan fingerprint density at radius 3 is 2.34 bits per heavy atom. The number of benzene rings is 2. The highest BCUT2D eigenvalue weighted by Gasteiger charge is 2.41. The SMILES string of the molecule is Cc1ccc(C)c(N2CCN(C(=O)CN3C(=O)[C@H](C(=O)N4CCCC4)Sc4ccccc43)CC2)c1. The van der Waals surface area contributed by atoms with Gasteiger partial charge in [0.25, 0.3) is 5.91 Å². The predicted octanol–water partition coefficient (Wildman–Crippen LogP) is 3.08. The van der Waals surface area contributed by atoms with Crippen LogP contribution in [0.25, 0.3) is 0 Å². The summed E-state index contributed by atoms with van der Waals surface area (Å²) in [5, 5.41) is -0.822. The second kappa shape index (κ2) is 9.93. The summed E-state index contributed by atoms with van der Waals surface area (Å²) in [6.45, 7) is 8.31. The zero-order chi connectivity index (χ0) is 24.5. The second-order valence-corrected chi connectivity index (χ2v) is 10.7. The molecule has 3 aliphatic heterocycles. The molecule has 8 heteroatoms. The molecule has 0 spiro atoms. The van der Waals surface area contributed by atoms with E-state index in [0.29, 0.717) is 26.2 Å². The van der Waals surface area contributed by atoms with E-state index < -0.39 is 5.25 Å². The van der Waals surface area contributed by atoms with Crippen LogP contribution in [0, 0.1) is 13.8 Å². The number of aryl methyl sites for hydroxylation is 2. The Labute approximate surface area is 211 Å². The number of carbonyl (C=O) groups is 3. The predicted molar refractivity (Wildman–Crippen MR) is 139 cm³/mol. The molecule has 2 saturated heterocycles.